The molecule has 0 aromatic heterocycles. The molecule has 0 atom stereocenters. The molecule has 0 saturated carbocycles. The molecule has 0 fully saturated rings. The molecule has 26 heavy (non-hydrogen) atoms. The van der Waals surface area contributed by atoms with Crippen LogP contribution in [-0.4, -0.2) is 12.5 Å². The standard InChI is InChI=1S/C23H23N3/c1-17-14-18(2)22(19(3)15-17)25-16-26(21-12-8-5-9-13-21)24-23(25)20-10-6-4-7-11-20/h4-15H,16H2,1-3H3. The predicted octanol–water partition coefficient (Wildman–Crippen LogP) is 5.26. The van der Waals surface area contributed by atoms with Crippen molar-refractivity contribution in [1.82, 2.24) is 0 Å². The van der Waals surface area contributed by atoms with Gasteiger partial charge in [0, 0.05) is 5.56 Å². The normalized spacial score (nSPS) is 13.9. The zero-order valence-electron chi connectivity index (χ0n) is 15.5. The highest BCUT2D eigenvalue weighted by Crippen LogP contribution is 2.32. The maximum absolute atomic E-state index is 4.97. The summed E-state index contributed by atoms with van der Waals surface area (Å²) < 4.78 is 0. The number of anilines is 2. The van der Waals surface area contributed by atoms with Crippen molar-refractivity contribution in [2.24, 2.45) is 5.10 Å². The second kappa shape index (κ2) is 6.68. The maximum atomic E-state index is 4.97. The maximum Gasteiger partial charge on any atom is 0.162 e. The third-order valence-corrected chi connectivity index (χ3v) is 4.74. The summed E-state index contributed by atoms with van der Waals surface area (Å²) in [5, 5.41) is 7.04. The fourth-order valence-electron chi connectivity index (χ4n) is 3.72. The lowest BCUT2D eigenvalue weighted by atomic mass is 10.0. The molecule has 130 valence electrons. The van der Waals surface area contributed by atoms with Crippen molar-refractivity contribution < 1.29 is 0 Å². The first kappa shape index (κ1) is 16.4. The Bertz CT molecular complexity index is 923. The van der Waals surface area contributed by atoms with E-state index in [1.54, 1.807) is 0 Å². The van der Waals surface area contributed by atoms with Gasteiger partial charge in [-0.25, -0.2) is 5.01 Å². The van der Waals surface area contributed by atoms with Crippen LogP contribution in [0, 0.1) is 20.8 Å². The van der Waals surface area contributed by atoms with Gasteiger partial charge in [0.05, 0.1) is 11.4 Å². The first-order valence-electron chi connectivity index (χ1n) is 8.95. The molecule has 0 radical (unpaired) electrons. The predicted molar refractivity (Wildman–Crippen MR) is 110 cm³/mol. The third-order valence-electron chi connectivity index (χ3n) is 4.74. The molecular formula is C23H23N3. The van der Waals surface area contributed by atoms with Gasteiger partial charge in [0.15, 0.2) is 5.84 Å². The molecule has 0 bridgehead atoms. The zero-order chi connectivity index (χ0) is 18.1. The Morgan fingerprint density at radius 3 is 1.96 bits per heavy atom. The molecular weight excluding hydrogens is 318 g/mol. The van der Waals surface area contributed by atoms with Gasteiger partial charge in [-0.15, -0.1) is 0 Å². The van der Waals surface area contributed by atoms with E-state index in [9.17, 15) is 0 Å². The summed E-state index contributed by atoms with van der Waals surface area (Å²) in [6, 6.07) is 25.3. The quantitative estimate of drug-likeness (QED) is 0.647. The van der Waals surface area contributed by atoms with Gasteiger partial charge < -0.3 is 4.90 Å². The lowest BCUT2D eigenvalue weighted by Crippen LogP contribution is -2.32. The van der Waals surface area contributed by atoms with Crippen molar-refractivity contribution in [1.29, 1.82) is 0 Å². The summed E-state index contributed by atoms with van der Waals surface area (Å²) in [7, 11) is 0. The van der Waals surface area contributed by atoms with E-state index >= 15 is 0 Å². The van der Waals surface area contributed by atoms with Crippen LogP contribution in [0.3, 0.4) is 0 Å². The van der Waals surface area contributed by atoms with Crippen LogP contribution in [0.4, 0.5) is 11.4 Å². The first-order chi connectivity index (χ1) is 12.6. The van der Waals surface area contributed by atoms with Gasteiger partial charge in [-0.3, -0.25) is 0 Å². The van der Waals surface area contributed by atoms with Crippen LogP contribution in [0.15, 0.2) is 77.9 Å². The van der Waals surface area contributed by atoms with Crippen molar-refractivity contribution >= 4 is 17.2 Å². The van der Waals surface area contributed by atoms with Crippen molar-refractivity contribution in [2.45, 2.75) is 20.8 Å². The van der Waals surface area contributed by atoms with Crippen LogP contribution in [0.25, 0.3) is 0 Å². The molecule has 0 N–H and O–H groups in total. The number of rotatable bonds is 3. The number of para-hydroxylation sites is 1. The monoisotopic (exact) mass is 341 g/mol. The fraction of sp³-hybridized carbons (Fsp3) is 0.174. The van der Waals surface area contributed by atoms with Gasteiger partial charge in [-0.1, -0.05) is 66.2 Å². The Kier molecular flexibility index (Phi) is 4.21. The van der Waals surface area contributed by atoms with Gasteiger partial charge in [0.1, 0.15) is 6.67 Å². The lowest BCUT2D eigenvalue weighted by Gasteiger charge is -2.25. The van der Waals surface area contributed by atoms with Crippen LogP contribution in [0.2, 0.25) is 0 Å². The number of hydrogen-bond donors (Lipinski definition) is 0. The number of hydrogen-bond acceptors (Lipinski definition) is 3. The fourth-order valence-corrected chi connectivity index (χ4v) is 3.72. The first-order valence-corrected chi connectivity index (χ1v) is 8.95. The Morgan fingerprint density at radius 1 is 0.769 bits per heavy atom. The highest BCUT2D eigenvalue weighted by Gasteiger charge is 2.28. The minimum atomic E-state index is 0.707. The number of aryl methyl sites for hydroxylation is 3. The van der Waals surface area contributed by atoms with E-state index in [4.69, 9.17) is 5.10 Å². The Balaban J connectivity index is 1.82. The van der Waals surface area contributed by atoms with E-state index < -0.39 is 0 Å². The van der Waals surface area contributed by atoms with Crippen LogP contribution in [0.1, 0.15) is 22.3 Å². The van der Waals surface area contributed by atoms with Crippen molar-refractivity contribution in [3.05, 3.63) is 95.1 Å². The van der Waals surface area contributed by atoms with Gasteiger partial charge in [-0.05, 0) is 44.0 Å². The Hall–Kier alpha value is -3.07. The highest BCUT2D eigenvalue weighted by molar-refractivity contribution is 6.12. The molecule has 3 aromatic rings. The number of hydrazone groups is 1. The molecule has 0 amide bonds. The average molecular weight is 341 g/mol. The molecule has 0 aliphatic carbocycles. The van der Waals surface area contributed by atoms with Crippen molar-refractivity contribution in [3.8, 4) is 0 Å². The van der Waals surface area contributed by atoms with Crippen LogP contribution < -0.4 is 9.91 Å². The van der Waals surface area contributed by atoms with Crippen LogP contribution >= 0.6 is 0 Å². The smallest absolute Gasteiger partial charge is 0.162 e. The summed E-state index contributed by atoms with van der Waals surface area (Å²) in [6.45, 7) is 7.22. The van der Waals surface area contributed by atoms with Crippen molar-refractivity contribution in [2.75, 3.05) is 16.6 Å². The molecule has 0 unspecified atom stereocenters. The third kappa shape index (κ3) is 2.97. The van der Waals surface area contributed by atoms with Gasteiger partial charge >= 0.3 is 0 Å². The summed E-state index contributed by atoms with van der Waals surface area (Å²) in [4.78, 5) is 2.33. The average Bonchev–Trinajstić information content (AvgIpc) is 3.07. The second-order valence-electron chi connectivity index (χ2n) is 6.84. The summed E-state index contributed by atoms with van der Waals surface area (Å²) >= 11 is 0. The molecule has 4 rings (SSSR count). The highest BCUT2D eigenvalue weighted by atomic mass is 15.6. The number of benzene rings is 3. The topological polar surface area (TPSA) is 18.8 Å². The van der Waals surface area contributed by atoms with E-state index in [2.05, 4.69) is 91.3 Å². The number of nitrogens with zero attached hydrogens (tertiary/aromatic N) is 3. The SMILES string of the molecule is Cc1cc(C)c(N2CN(c3ccccc3)N=C2c2ccccc2)c(C)c1. The minimum Gasteiger partial charge on any atom is -0.304 e. The van der Waals surface area contributed by atoms with E-state index in [-0.39, 0.29) is 0 Å². The van der Waals surface area contributed by atoms with Crippen molar-refractivity contribution in [3.63, 3.8) is 0 Å². The summed E-state index contributed by atoms with van der Waals surface area (Å²) in [6.07, 6.45) is 0. The van der Waals surface area contributed by atoms with Crippen LogP contribution in [-0.2, 0) is 0 Å². The Morgan fingerprint density at radius 2 is 1.35 bits per heavy atom. The Labute approximate surface area is 155 Å². The van der Waals surface area contributed by atoms with Gasteiger partial charge in [0.2, 0.25) is 0 Å². The zero-order valence-corrected chi connectivity index (χ0v) is 15.5. The van der Waals surface area contributed by atoms with E-state index in [0.717, 1.165) is 17.1 Å². The molecule has 0 spiro atoms. The van der Waals surface area contributed by atoms with E-state index in [1.165, 1.54) is 22.4 Å². The van der Waals surface area contributed by atoms with Gasteiger partial charge in [-0.2, -0.15) is 5.10 Å². The molecule has 3 aromatic carbocycles. The minimum absolute atomic E-state index is 0.707. The molecule has 3 nitrogen and oxygen atoms in total. The molecule has 1 aliphatic rings. The largest absolute Gasteiger partial charge is 0.304 e. The summed E-state index contributed by atoms with van der Waals surface area (Å²) in [5.41, 5.74) is 7.33. The van der Waals surface area contributed by atoms with Crippen LogP contribution in [0.5, 0.6) is 0 Å². The molecule has 3 heteroatoms. The second-order valence-corrected chi connectivity index (χ2v) is 6.84. The van der Waals surface area contributed by atoms with Gasteiger partial charge in [0.25, 0.3) is 0 Å². The molecule has 1 aliphatic heterocycles. The van der Waals surface area contributed by atoms with E-state index in [0.29, 0.717) is 6.67 Å². The number of amidine groups is 1. The van der Waals surface area contributed by atoms with E-state index in [1.807, 2.05) is 12.1 Å². The lowest BCUT2D eigenvalue weighted by molar-refractivity contribution is 0.907. The summed E-state index contributed by atoms with van der Waals surface area (Å²) in [5.74, 6) is 0.990. The molecule has 0 saturated heterocycles. The molecule has 1 heterocycles.